The first-order chi connectivity index (χ1) is 3.81. The van der Waals surface area contributed by atoms with E-state index in [2.05, 4.69) is 0 Å². The maximum Gasteiger partial charge on any atom is 0.186 e. The lowest BCUT2D eigenvalue weighted by atomic mass is 10.3. The SMILES string of the molecule is CCC=CC(=O)CF. The smallest absolute Gasteiger partial charge is 0.186 e. The van der Waals surface area contributed by atoms with E-state index in [1.165, 1.54) is 6.08 Å². The quantitative estimate of drug-likeness (QED) is 0.510. The van der Waals surface area contributed by atoms with Crippen LogP contribution in [0.3, 0.4) is 0 Å². The molecule has 0 aliphatic carbocycles. The molecule has 0 radical (unpaired) electrons. The van der Waals surface area contributed by atoms with Crippen LogP contribution in [0.25, 0.3) is 0 Å². The normalized spacial score (nSPS) is 10.2. The number of halogens is 1. The molecular formula is C6H9FO. The van der Waals surface area contributed by atoms with Gasteiger partial charge in [0.1, 0.15) is 0 Å². The molecule has 0 aliphatic rings. The number of hydrogen-bond donors (Lipinski definition) is 0. The molecule has 0 aromatic rings. The first-order valence-electron chi connectivity index (χ1n) is 2.56. The van der Waals surface area contributed by atoms with Gasteiger partial charge in [-0.15, -0.1) is 0 Å². The third-order valence-corrected chi connectivity index (χ3v) is 0.671. The van der Waals surface area contributed by atoms with Crippen molar-refractivity contribution in [3.05, 3.63) is 12.2 Å². The average Bonchev–Trinajstić information content (AvgIpc) is 1.83. The van der Waals surface area contributed by atoms with Crippen molar-refractivity contribution in [1.82, 2.24) is 0 Å². The molecule has 0 bridgehead atoms. The van der Waals surface area contributed by atoms with Gasteiger partial charge in [-0.3, -0.25) is 4.79 Å². The number of carbonyl (C=O) groups excluding carboxylic acids is 1. The van der Waals surface area contributed by atoms with Crippen LogP contribution in [0, 0.1) is 0 Å². The van der Waals surface area contributed by atoms with Gasteiger partial charge < -0.3 is 0 Å². The lowest BCUT2D eigenvalue weighted by molar-refractivity contribution is -0.115. The van der Waals surface area contributed by atoms with Crippen LogP contribution < -0.4 is 0 Å². The zero-order chi connectivity index (χ0) is 6.41. The van der Waals surface area contributed by atoms with Crippen molar-refractivity contribution >= 4 is 5.78 Å². The van der Waals surface area contributed by atoms with Crippen molar-refractivity contribution in [1.29, 1.82) is 0 Å². The molecule has 8 heavy (non-hydrogen) atoms. The van der Waals surface area contributed by atoms with Crippen molar-refractivity contribution in [2.45, 2.75) is 13.3 Å². The Labute approximate surface area is 48.2 Å². The van der Waals surface area contributed by atoms with E-state index in [0.29, 0.717) is 0 Å². The molecule has 0 heterocycles. The van der Waals surface area contributed by atoms with Crippen LogP contribution in [0.1, 0.15) is 13.3 Å². The third kappa shape index (κ3) is 3.53. The highest BCUT2D eigenvalue weighted by Gasteiger charge is 1.88. The molecule has 0 saturated heterocycles. The van der Waals surface area contributed by atoms with Gasteiger partial charge in [0.05, 0.1) is 0 Å². The van der Waals surface area contributed by atoms with Crippen molar-refractivity contribution < 1.29 is 9.18 Å². The van der Waals surface area contributed by atoms with Gasteiger partial charge in [-0.2, -0.15) is 0 Å². The molecule has 0 spiro atoms. The third-order valence-electron chi connectivity index (χ3n) is 0.671. The fourth-order valence-electron chi connectivity index (χ4n) is 0.294. The molecule has 46 valence electrons. The van der Waals surface area contributed by atoms with Crippen LogP contribution in [-0.4, -0.2) is 12.5 Å². The molecule has 0 amide bonds. The molecule has 0 atom stereocenters. The lowest BCUT2D eigenvalue weighted by Gasteiger charge is -1.78. The summed E-state index contributed by atoms with van der Waals surface area (Å²) in [7, 11) is 0. The van der Waals surface area contributed by atoms with Gasteiger partial charge in [0.15, 0.2) is 12.5 Å². The van der Waals surface area contributed by atoms with E-state index in [1.54, 1.807) is 6.08 Å². The second kappa shape index (κ2) is 4.50. The summed E-state index contributed by atoms with van der Waals surface area (Å²) < 4.78 is 11.3. The van der Waals surface area contributed by atoms with Gasteiger partial charge in [-0.05, 0) is 12.5 Å². The van der Waals surface area contributed by atoms with Crippen LogP contribution in [0.5, 0.6) is 0 Å². The summed E-state index contributed by atoms with van der Waals surface area (Å²) in [4.78, 5) is 10.1. The molecule has 0 aromatic carbocycles. The zero-order valence-corrected chi connectivity index (χ0v) is 4.86. The van der Waals surface area contributed by atoms with E-state index >= 15 is 0 Å². The molecule has 0 N–H and O–H groups in total. The van der Waals surface area contributed by atoms with Crippen molar-refractivity contribution in [3.63, 3.8) is 0 Å². The first-order valence-corrected chi connectivity index (χ1v) is 2.56. The molecule has 0 unspecified atom stereocenters. The monoisotopic (exact) mass is 116 g/mol. The summed E-state index contributed by atoms with van der Waals surface area (Å²) in [5.74, 6) is -0.452. The molecule has 0 fully saturated rings. The summed E-state index contributed by atoms with van der Waals surface area (Å²) in [5, 5.41) is 0. The Bertz CT molecular complexity index is 96.7. The maximum atomic E-state index is 11.3. The fraction of sp³-hybridized carbons (Fsp3) is 0.500. The number of ketones is 1. The van der Waals surface area contributed by atoms with E-state index in [9.17, 15) is 9.18 Å². The van der Waals surface area contributed by atoms with E-state index in [0.717, 1.165) is 6.42 Å². The Balaban J connectivity index is 3.37. The minimum Gasteiger partial charge on any atom is -0.292 e. The van der Waals surface area contributed by atoms with Gasteiger partial charge in [-0.25, -0.2) is 4.39 Å². The van der Waals surface area contributed by atoms with Gasteiger partial charge in [0.2, 0.25) is 0 Å². The number of allylic oxidation sites excluding steroid dienone is 2. The number of alkyl halides is 1. The summed E-state index contributed by atoms with van der Waals surface area (Å²) in [6.45, 7) is 1.01. The number of carbonyl (C=O) groups is 1. The molecule has 1 nitrogen and oxygen atoms in total. The van der Waals surface area contributed by atoms with Gasteiger partial charge >= 0.3 is 0 Å². The van der Waals surface area contributed by atoms with E-state index in [1.807, 2.05) is 6.92 Å². The Morgan fingerprint density at radius 1 is 1.75 bits per heavy atom. The number of hydrogen-bond acceptors (Lipinski definition) is 1. The summed E-state index contributed by atoms with van der Waals surface area (Å²) in [6, 6.07) is 0. The predicted molar refractivity (Wildman–Crippen MR) is 30.4 cm³/mol. The lowest BCUT2D eigenvalue weighted by Crippen LogP contribution is -1.92. The predicted octanol–water partition coefficient (Wildman–Crippen LogP) is 1.49. The largest absolute Gasteiger partial charge is 0.292 e. The number of rotatable bonds is 3. The maximum absolute atomic E-state index is 11.3. The first kappa shape index (κ1) is 7.34. The molecule has 0 rings (SSSR count). The highest BCUT2D eigenvalue weighted by atomic mass is 19.1. The highest BCUT2D eigenvalue weighted by molar-refractivity contribution is 5.90. The van der Waals surface area contributed by atoms with Crippen molar-refractivity contribution in [3.8, 4) is 0 Å². The zero-order valence-electron chi connectivity index (χ0n) is 4.86. The van der Waals surface area contributed by atoms with Crippen LogP contribution in [-0.2, 0) is 4.79 Å². The second-order valence-corrected chi connectivity index (χ2v) is 1.41. The Morgan fingerprint density at radius 2 is 2.38 bits per heavy atom. The van der Waals surface area contributed by atoms with Gasteiger partial charge in [0.25, 0.3) is 0 Å². The standard InChI is InChI=1S/C6H9FO/c1-2-3-4-6(8)5-7/h3-4H,2,5H2,1H3. The Kier molecular flexibility index (Phi) is 4.13. The van der Waals surface area contributed by atoms with Crippen molar-refractivity contribution in [2.75, 3.05) is 6.67 Å². The fourth-order valence-corrected chi connectivity index (χ4v) is 0.294. The highest BCUT2D eigenvalue weighted by Crippen LogP contribution is 1.81. The summed E-state index contributed by atoms with van der Waals surface area (Å²) in [5.41, 5.74) is 0. The van der Waals surface area contributed by atoms with Gasteiger partial charge in [0, 0.05) is 0 Å². The minimum atomic E-state index is -0.878. The van der Waals surface area contributed by atoms with E-state index in [4.69, 9.17) is 0 Å². The molecule has 0 saturated carbocycles. The van der Waals surface area contributed by atoms with Crippen LogP contribution >= 0.6 is 0 Å². The van der Waals surface area contributed by atoms with E-state index < -0.39 is 12.5 Å². The van der Waals surface area contributed by atoms with Crippen LogP contribution in [0.15, 0.2) is 12.2 Å². The average molecular weight is 116 g/mol. The molecular weight excluding hydrogens is 107 g/mol. The Hall–Kier alpha value is -0.660. The molecule has 0 aromatic heterocycles. The summed E-state index contributed by atoms with van der Waals surface area (Å²) in [6.07, 6.45) is 3.69. The second-order valence-electron chi connectivity index (χ2n) is 1.41. The van der Waals surface area contributed by atoms with Gasteiger partial charge in [-0.1, -0.05) is 13.0 Å². The summed E-state index contributed by atoms with van der Waals surface area (Å²) >= 11 is 0. The topological polar surface area (TPSA) is 17.1 Å². The minimum absolute atomic E-state index is 0.452. The van der Waals surface area contributed by atoms with Crippen molar-refractivity contribution in [2.24, 2.45) is 0 Å². The molecule has 2 heteroatoms. The Morgan fingerprint density at radius 3 is 2.75 bits per heavy atom. The van der Waals surface area contributed by atoms with Crippen LogP contribution in [0.4, 0.5) is 4.39 Å². The molecule has 0 aliphatic heterocycles. The van der Waals surface area contributed by atoms with E-state index in [-0.39, 0.29) is 0 Å². The van der Waals surface area contributed by atoms with Crippen LogP contribution in [0.2, 0.25) is 0 Å².